The van der Waals surface area contributed by atoms with Gasteiger partial charge in [0.2, 0.25) is 0 Å². The zero-order chi connectivity index (χ0) is 53.7. The summed E-state index contributed by atoms with van der Waals surface area (Å²) in [6, 6.07) is 11.8. The van der Waals surface area contributed by atoms with Crippen LogP contribution in [0.25, 0.3) is 110 Å². The lowest BCUT2D eigenvalue weighted by Crippen LogP contribution is -1.96. The topological polar surface area (TPSA) is 13.1 Å². The number of hydrogen-bond acceptors (Lipinski definition) is 1. The summed E-state index contributed by atoms with van der Waals surface area (Å²) in [4.78, 5) is 0. The van der Waals surface area contributed by atoms with Crippen LogP contribution in [0, 0.1) is 0 Å². The van der Waals surface area contributed by atoms with Crippen LogP contribution in [0.1, 0.15) is 27.4 Å². The molecule has 0 atom stereocenters. The highest BCUT2D eigenvalue weighted by atomic mass is 16.3. The minimum atomic E-state index is -0.797. The molecule has 0 aliphatic heterocycles. The molecule has 11 aromatic rings. The molecule has 0 radical (unpaired) electrons. The average Bonchev–Trinajstić information content (AvgIpc) is 3.86. The minimum absolute atomic E-state index is 0.00483. The minimum Gasteiger partial charge on any atom is -0.456 e. The second-order valence-corrected chi connectivity index (χ2v) is 12.8. The van der Waals surface area contributed by atoms with Crippen LogP contribution < -0.4 is 0 Å². The Kier molecular flexibility index (Phi) is 4.00. The van der Waals surface area contributed by atoms with Crippen molar-refractivity contribution in [3.63, 3.8) is 0 Å². The maximum atomic E-state index is 9.55. The molecule has 0 bridgehead atoms. The third-order valence-corrected chi connectivity index (χ3v) is 9.90. The summed E-state index contributed by atoms with van der Waals surface area (Å²) in [5, 5.41) is 2.77. The third kappa shape index (κ3) is 5.01. The molecule has 0 unspecified atom stereocenters. The Morgan fingerprint density at radius 3 is 1.40 bits per heavy atom. The van der Waals surface area contributed by atoms with Crippen molar-refractivity contribution in [2.45, 2.75) is 0 Å². The lowest BCUT2D eigenvalue weighted by Gasteiger charge is -2.23. The van der Waals surface area contributed by atoms with Gasteiger partial charge in [0.25, 0.3) is 0 Å². The molecule has 0 saturated carbocycles. The van der Waals surface area contributed by atoms with Crippen LogP contribution in [-0.4, -0.2) is 0 Å². The predicted octanol–water partition coefficient (Wildman–Crippen LogP) is 15.4. The molecule has 1 heteroatoms. The molecule has 256 valence electrons. The zero-order valence-corrected chi connectivity index (χ0v) is 28.5. The summed E-state index contributed by atoms with van der Waals surface area (Å²) in [5.74, 6) is 0. The maximum Gasteiger partial charge on any atom is 0.136 e. The molecule has 0 aliphatic rings. The standard InChI is InChI=1S/C54H34O/c1-3-16-35(17-4-1)39-27-15-28-40(36-18-5-2-6-19-36)53(39)54-47-25-11-9-23-45(47)52(46-24-10-12-26-48(46)54)49-33-32-38(41-20-7-8-21-42(41)49)37-30-31-44-43-22-13-14-29-50(43)55-51(44)34-37/h1-34H/i1D,2D,3D,4D,5D,6D,13D,14D,15D,16D,17D,18D,19D,22D,27D,28D,29D,30D,31D,34D. The molecule has 0 amide bonds. The van der Waals surface area contributed by atoms with Gasteiger partial charge < -0.3 is 4.42 Å². The molecule has 1 nitrogen and oxygen atoms in total. The molecule has 11 rings (SSSR count). The zero-order valence-electron chi connectivity index (χ0n) is 48.5. The van der Waals surface area contributed by atoms with Crippen LogP contribution in [0.3, 0.4) is 0 Å². The van der Waals surface area contributed by atoms with Gasteiger partial charge in [-0.3, -0.25) is 0 Å². The van der Waals surface area contributed by atoms with Crippen LogP contribution in [0.5, 0.6) is 0 Å². The summed E-state index contributed by atoms with van der Waals surface area (Å²) < 4.78 is 184. The van der Waals surface area contributed by atoms with E-state index in [2.05, 4.69) is 0 Å². The number of benzene rings is 10. The molecule has 0 aliphatic carbocycles. The smallest absolute Gasteiger partial charge is 0.136 e. The molecule has 1 aromatic heterocycles. The normalized spacial score (nSPS) is 16.7. The fraction of sp³-hybridized carbons (Fsp3) is 0. The highest BCUT2D eigenvalue weighted by Crippen LogP contribution is 2.50. The van der Waals surface area contributed by atoms with E-state index in [1.807, 2.05) is 6.07 Å². The first-order chi connectivity index (χ1) is 35.6. The van der Waals surface area contributed by atoms with E-state index in [1.165, 1.54) is 0 Å². The van der Waals surface area contributed by atoms with Crippen molar-refractivity contribution in [1.82, 2.24) is 0 Å². The van der Waals surface area contributed by atoms with E-state index in [4.69, 9.17) is 18.1 Å². The van der Waals surface area contributed by atoms with E-state index in [0.29, 0.717) is 49.0 Å². The Morgan fingerprint density at radius 1 is 0.291 bits per heavy atom. The van der Waals surface area contributed by atoms with Crippen molar-refractivity contribution >= 4 is 54.3 Å². The van der Waals surface area contributed by atoms with Crippen LogP contribution in [0.4, 0.5) is 0 Å². The van der Waals surface area contributed by atoms with Crippen LogP contribution in [0.15, 0.2) is 210 Å². The summed E-state index contributed by atoms with van der Waals surface area (Å²) >= 11 is 0. The second-order valence-electron chi connectivity index (χ2n) is 12.8. The van der Waals surface area contributed by atoms with Gasteiger partial charge >= 0.3 is 0 Å². The Bertz CT molecular complexity index is 4220. The largest absolute Gasteiger partial charge is 0.456 e. The molecule has 10 aromatic carbocycles. The number of rotatable bonds is 5. The van der Waals surface area contributed by atoms with Crippen LogP contribution in [-0.2, 0) is 0 Å². The van der Waals surface area contributed by atoms with E-state index in [1.54, 1.807) is 78.9 Å². The first-order valence-corrected chi connectivity index (χ1v) is 17.3. The van der Waals surface area contributed by atoms with E-state index >= 15 is 0 Å². The van der Waals surface area contributed by atoms with Gasteiger partial charge in [0, 0.05) is 10.8 Å². The number of hydrogen-bond donors (Lipinski definition) is 0. The van der Waals surface area contributed by atoms with E-state index in [-0.39, 0.29) is 50.7 Å². The third-order valence-electron chi connectivity index (χ3n) is 9.90. The van der Waals surface area contributed by atoms with E-state index in [9.17, 15) is 13.7 Å². The van der Waals surface area contributed by atoms with Gasteiger partial charge in [0.05, 0.1) is 27.4 Å². The average molecular weight is 719 g/mol. The summed E-state index contributed by atoms with van der Waals surface area (Å²) in [6.45, 7) is 0. The van der Waals surface area contributed by atoms with Crippen LogP contribution >= 0.6 is 0 Å². The van der Waals surface area contributed by atoms with Crippen molar-refractivity contribution in [3.8, 4) is 55.6 Å². The molecule has 0 saturated heterocycles. The Labute approximate surface area is 347 Å². The lowest BCUT2D eigenvalue weighted by molar-refractivity contribution is 0.669. The monoisotopic (exact) mass is 718 g/mol. The van der Waals surface area contributed by atoms with Gasteiger partial charge in [-0.1, -0.05) is 188 Å². The SMILES string of the molecule is [2H]c1c([2H])c([2H])c(-c2c([2H])c([2H])c([2H])c(-c3c([2H])c([2H])c([2H])c([2H])c3[2H])c2-c2c3ccccc3c(-c3ccc(-c4c([2H])c([2H])c5c(oc6c([2H])c([2H])c([2H])c([2H])c65)c4[2H])c4ccccc34)c3ccccc23)c([2H])c1[2H]. The number of fused-ring (bicyclic) bond motifs is 6. The van der Waals surface area contributed by atoms with Gasteiger partial charge in [-0.05, 0) is 106 Å². The van der Waals surface area contributed by atoms with Crippen molar-refractivity contribution < 1.29 is 31.8 Å². The fourth-order valence-electron chi connectivity index (χ4n) is 7.64. The highest BCUT2D eigenvalue weighted by molar-refractivity contribution is 6.26. The highest BCUT2D eigenvalue weighted by Gasteiger charge is 2.23. The second kappa shape index (κ2) is 12.7. The Hall–Kier alpha value is -7.22. The number of para-hydroxylation sites is 1. The van der Waals surface area contributed by atoms with Gasteiger partial charge in [-0.2, -0.15) is 0 Å². The molecule has 0 fully saturated rings. The van der Waals surface area contributed by atoms with E-state index < -0.39 is 131 Å². The van der Waals surface area contributed by atoms with Crippen molar-refractivity contribution in [2.24, 2.45) is 0 Å². The quantitative estimate of drug-likeness (QED) is 0.162. The molecular formula is C54H34O. The fourth-order valence-corrected chi connectivity index (χ4v) is 7.64. The van der Waals surface area contributed by atoms with Crippen molar-refractivity contribution in [3.05, 3.63) is 206 Å². The van der Waals surface area contributed by atoms with Crippen molar-refractivity contribution in [1.29, 1.82) is 0 Å². The van der Waals surface area contributed by atoms with Crippen molar-refractivity contribution in [2.75, 3.05) is 0 Å². The molecule has 55 heavy (non-hydrogen) atoms. The summed E-state index contributed by atoms with van der Waals surface area (Å²) in [7, 11) is 0. The van der Waals surface area contributed by atoms with Gasteiger partial charge in [0.1, 0.15) is 11.2 Å². The Balaban J connectivity index is 1.28. The van der Waals surface area contributed by atoms with Gasteiger partial charge in [-0.15, -0.1) is 0 Å². The van der Waals surface area contributed by atoms with E-state index in [0.717, 1.165) is 0 Å². The summed E-state index contributed by atoms with van der Waals surface area (Å²) in [6.07, 6.45) is 0. The first-order valence-electron chi connectivity index (χ1n) is 27.3. The predicted molar refractivity (Wildman–Crippen MR) is 233 cm³/mol. The van der Waals surface area contributed by atoms with Crippen LogP contribution in [0.2, 0.25) is 0 Å². The first kappa shape index (κ1) is 17.3. The van der Waals surface area contributed by atoms with Gasteiger partial charge in [-0.25, -0.2) is 0 Å². The number of furan rings is 1. The molecular weight excluding hydrogens is 665 g/mol. The maximum absolute atomic E-state index is 9.55. The molecule has 0 N–H and O–H groups in total. The lowest BCUT2D eigenvalue weighted by atomic mass is 9.80. The van der Waals surface area contributed by atoms with Gasteiger partial charge in [0.15, 0.2) is 0 Å². The molecule has 0 spiro atoms. The Morgan fingerprint density at radius 2 is 0.782 bits per heavy atom. The molecule has 1 heterocycles. The summed E-state index contributed by atoms with van der Waals surface area (Å²) in [5.41, 5.74) is -0.665.